The largest absolute Gasteiger partial charge is 0.396 e. The lowest BCUT2D eigenvalue weighted by Gasteiger charge is -2.33. The second kappa shape index (κ2) is 7.21. The maximum absolute atomic E-state index is 8.64. The molecular weight excluding hydrogens is 176 g/mol. The molecule has 84 valence electrons. The molecule has 0 spiro atoms. The van der Waals surface area contributed by atoms with E-state index in [1.54, 1.807) is 0 Å². The van der Waals surface area contributed by atoms with Crippen molar-refractivity contribution in [3.8, 4) is 0 Å². The molecule has 0 unspecified atom stereocenters. The zero-order chi connectivity index (χ0) is 10.2. The SMILES string of the molecule is C[C@H]1CNCCN1CCCCCCO. The van der Waals surface area contributed by atoms with Gasteiger partial charge in [0.15, 0.2) is 0 Å². The molecule has 0 aromatic rings. The summed E-state index contributed by atoms with van der Waals surface area (Å²) in [6.45, 7) is 7.34. The molecule has 14 heavy (non-hydrogen) atoms. The Labute approximate surface area is 87.5 Å². The van der Waals surface area contributed by atoms with E-state index in [1.165, 1.54) is 32.4 Å². The number of nitrogens with zero attached hydrogens (tertiary/aromatic N) is 1. The van der Waals surface area contributed by atoms with Crippen LogP contribution < -0.4 is 5.32 Å². The Morgan fingerprint density at radius 3 is 2.79 bits per heavy atom. The normalized spacial score (nSPS) is 24.0. The fraction of sp³-hybridized carbons (Fsp3) is 1.00. The van der Waals surface area contributed by atoms with Crippen LogP contribution in [0.2, 0.25) is 0 Å². The van der Waals surface area contributed by atoms with Gasteiger partial charge in [0, 0.05) is 32.3 Å². The van der Waals surface area contributed by atoms with Gasteiger partial charge in [0.1, 0.15) is 0 Å². The quantitative estimate of drug-likeness (QED) is 0.624. The van der Waals surface area contributed by atoms with Crippen LogP contribution in [0.4, 0.5) is 0 Å². The molecule has 0 bridgehead atoms. The van der Waals surface area contributed by atoms with Gasteiger partial charge in [0.05, 0.1) is 0 Å². The summed E-state index contributed by atoms with van der Waals surface area (Å²) in [5.41, 5.74) is 0. The number of aliphatic hydroxyl groups is 1. The number of nitrogens with one attached hydrogen (secondary N) is 1. The molecule has 1 atom stereocenters. The van der Waals surface area contributed by atoms with Crippen LogP contribution in [0.3, 0.4) is 0 Å². The predicted octanol–water partition coefficient (Wildman–Crippen LogP) is 0.833. The van der Waals surface area contributed by atoms with Crippen LogP contribution in [0.1, 0.15) is 32.6 Å². The van der Waals surface area contributed by atoms with Gasteiger partial charge < -0.3 is 10.4 Å². The summed E-state index contributed by atoms with van der Waals surface area (Å²) in [7, 11) is 0. The zero-order valence-corrected chi connectivity index (χ0v) is 9.34. The van der Waals surface area contributed by atoms with Crippen LogP contribution in [-0.2, 0) is 0 Å². The molecule has 1 fully saturated rings. The van der Waals surface area contributed by atoms with Crippen molar-refractivity contribution in [3.05, 3.63) is 0 Å². The van der Waals surface area contributed by atoms with Crippen LogP contribution in [0.15, 0.2) is 0 Å². The third-order valence-electron chi connectivity index (χ3n) is 2.99. The molecule has 0 aromatic carbocycles. The average Bonchev–Trinajstić information content (AvgIpc) is 2.20. The van der Waals surface area contributed by atoms with Crippen LogP contribution >= 0.6 is 0 Å². The first-order chi connectivity index (χ1) is 6.84. The molecule has 1 aliphatic heterocycles. The highest BCUT2D eigenvalue weighted by Crippen LogP contribution is 2.06. The minimum absolute atomic E-state index is 0.351. The van der Waals surface area contributed by atoms with E-state index in [1.807, 2.05) is 0 Å². The van der Waals surface area contributed by atoms with E-state index in [-0.39, 0.29) is 0 Å². The first kappa shape index (κ1) is 12.0. The van der Waals surface area contributed by atoms with Crippen LogP contribution in [0.5, 0.6) is 0 Å². The van der Waals surface area contributed by atoms with Crippen molar-refractivity contribution >= 4 is 0 Å². The summed E-state index contributed by atoms with van der Waals surface area (Å²) in [5.74, 6) is 0. The van der Waals surface area contributed by atoms with Crippen molar-refractivity contribution in [1.29, 1.82) is 0 Å². The molecular formula is C11H24N2O. The van der Waals surface area contributed by atoms with Gasteiger partial charge >= 0.3 is 0 Å². The summed E-state index contributed by atoms with van der Waals surface area (Å²) >= 11 is 0. The lowest BCUT2D eigenvalue weighted by Crippen LogP contribution is -2.49. The first-order valence-electron chi connectivity index (χ1n) is 5.90. The summed E-state index contributed by atoms with van der Waals surface area (Å²) in [6.07, 6.45) is 4.69. The van der Waals surface area contributed by atoms with Crippen molar-refractivity contribution in [2.24, 2.45) is 0 Å². The van der Waals surface area contributed by atoms with Gasteiger partial charge in [0.2, 0.25) is 0 Å². The second-order valence-corrected chi connectivity index (χ2v) is 4.23. The van der Waals surface area contributed by atoms with Crippen molar-refractivity contribution in [2.45, 2.75) is 38.6 Å². The van der Waals surface area contributed by atoms with E-state index in [4.69, 9.17) is 5.11 Å². The van der Waals surface area contributed by atoms with Crippen molar-refractivity contribution < 1.29 is 5.11 Å². The molecule has 0 saturated carbocycles. The predicted molar refractivity (Wildman–Crippen MR) is 59.5 cm³/mol. The first-order valence-corrected chi connectivity index (χ1v) is 5.90. The van der Waals surface area contributed by atoms with Crippen LogP contribution in [0.25, 0.3) is 0 Å². The fourth-order valence-corrected chi connectivity index (χ4v) is 2.00. The fourth-order valence-electron chi connectivity index (χ4n) is 2.00. The number of hydrogen-bond donors (Lipinski definition) is 2. The highest BCUT2D eigenvalue weighted by atomic mass is 16.2. The molecule has 1 saturated heterocycles. The van der Waals surface area contributed by atoms with E-state index < -0.39 is 0 Å². The summed E-state index contributed by atoms with van der Waals surface area (Å²) < 4.78 is 0. The Morgan fingerprint density at radius 2 is 2.07 bits per heavy atom. The van der Waals surface area contributed by atoms with Gasteiger partial charge in [-0.05, 0) is 26.3 Å². The van der Waals surface area contributed by atoms with Gasteiger partial charge in [-0.1, -0.05) is 12.8 Å². The number of rotatable bonds is 6. The van der Waals surface area contributed by atoms with E-state index in [2.05, 4.69) is 17.1 Å². The number of aliphatic hydroxyl groups excluding tert-OH is 1. The number of hydrogen-bond acceptors (Lipinski definition) is 3. The molecule has 0 aliphatic carbocycles. The van der Waals surface area contributed by atoms with E-state index in [9.17, 15) is 0 Å². The zero-order valence-electron chi connectivity index (χ0n) is 9.34. The van der Waals surface area contributed by atoms with E-state index in [0.717, 1.165) is 19.5 Å². The molecule has 2 N–H and O–H groups in total. The van der Waals surface area contributed by atoms with Gasteiger partial charge in [0.25, 0.3) is 0 Å². The molecule has 0 radical (unpaired) electrons. The summed E-state index contributed by atoms with van der Waals surface area (Å²) in [4.78, 5) is 2.56. The number of unbranched alkanes of at least 4 members (excludes halogenated alkanes) is 3. The van der Waals surface area contributed by atoms with Gasteiger partial charge in [-0.3, -0.25) is 4.90 Å². The minimum atomic E-state index is 0.351. The minimum Gasteiger partial charge on any atom is -0.396 e. The molecule has 1 rings (SSSR count). The maximum Gasteiger partial charge on any atom is 0.0431 e. The average molecular weight is 200 g/mol. The molecule has 3 heteroatoms. The third kappa shape index (κ3) is 4.40. The second-order valence-electron chi connectivity index (χ2n) is 4.23. The molecule has 3 nitrogen and oxygen atoms in total. The smallest absolute Gasteiger partial charge is 0.0431 e. The summed E-state index contributed by atoms with van der Waals surface area (Å²) in [5, 5.41) is 12.0. The van der Waals surface area contributed by atoms with Crippen molar-refractivity contribution in [3.63, 3.8) is 0 Å². The Balaban J connectivity index is 1.99. The molecule has 1 aliphatic rings. The van der Waals surface area contributed by atoms with Gasteiger partial charge in [-0.25, -0.2) is 0 Å². The molecule has 0 aromatic heterocycles. The Bertz CT molecular complexity index is 141. The van der Waals surface area contributed by atoms with E-state index in [0.29, 0.717) is 12.6 Å². The van der Waals surface area contributed by atoms with Gasteiger partial charge in [-0.2, -0.15) is 0 Å². The lowest BCUT2D eigenvalue weighted by atomic mass is 10.1. The summed E-state index contributed by atoms with van der Waals surface area (Å²) in [6, 6.07) is 0.696. The van der Waals surface area contributed by atoms with Crippen molar-refractivity contribution in [1.82, 2.24) is 10.2 Å². The van der Waals surface area contributed by atoms with Gasteiger partial charge in [-0.15, -0.1) is 0 Å². The topological polar surface area (TPSA) is 35.5 Å². The Hall–Kier alpha value is -0.120. The Morgan fingerprint density at radius 1 is 1.29 bits per heavy atom. The highest BCUT2D eigenvalue weighted by molar-refractivity contribution is 4.75. The molecule has 0 amide bonds. The Kier molecular flexibility index (Phi) is 6.15. The molecule has 1 heterocycles. The van der Waals surface area contributed by atoms with Crippen molar-refractivity contribution in [2.75, 3.05) is 32.8 Å². The lowest BCUT2D eigenvalue weighted by molar-refractivity contribution is 0.170. The number of piperazine rings is 1. The van der Waals surface area contributed by atoms with Crippen LogP contribution in [-0.4, -0.2) is 48.8 Å². The monoisotopic (exact) mass is 200 g/mol. The van der Waals surface area contributed by atoms with Crippen LogP contribution in [0, 0.1) is 0 Å². The highest BCUT2D eigenvalue weighted by Gasteiger charge is 2.16. The van der Waals surface area contributed by atoms with E-state index >= 15 is 0 Å². The standard InChI is InChI=1S/C11H24N2O/c1-11-10-12-6-8-13(11)7-4-2-3-5-9-14/h11-12,14H,2-10H2,1H3/t11-/m0/s1. The maximum atomic E-state index is 8.64. The third-order valence-corrected chi connectivity index (χ3v) is 2.99.